The van der Waals surface area contributed by atoms with Crippen molar-refractivity contribution in [2.45, 2.75) is 18.9 Å². The highest BCUT2D eigenvalue weighted by Crippen LogP contribution is 2.35. The monoisotopic (exact) mass is 242 g/mol. The molecule has 0 radical (unpaired) electrons. The SMILES string of the molecule is OC(c1cccc(F)c1)C1Cc2ccccc2C1. The van der Waals surface area contributed by atoms with Crippen molar-refractivity contribution >= 4 is 0 Å². The molecule has 3 rings (SSSR count). The Morgan fingerprint density at radius 3 is 2.28 bits per heavy atom. The van der Waals surface area contributed by atoms with E-state index < -0.39 is 6.10 Å². The van der Waals surface area contributed by atoms with Crippen LogP contribution in [0.5, 0.6) is 0 Å². The van der Waals surface area contributed by atoms with Gasteiger partial charge >= 0.3 is 0 Å². The maximum Gasteiger partial charge on any atom is 0.123 e. The summed E-state index contributed by atoms with van der Waals surface area (Å²) in [7, 11) is 0. The van der Waals surface area contributed by atoms with Gasteiger partial charge in [0.15, 0.2) is 0 Å². The van der Waals surface area contributed by atoms with E-state index in [2.05, 4.69) is 12.1 Å². The molecule has 1 unspecified atom stereocenters. The van der Waals surface area contributed by atoms with E-state index in [1.807, 2.05) is 12.1 Å². The van der Waals surface area contributed by atoms with Crippen LogP contribution in [0.3, 0.4) is 0 Å². The second kappa shape index (κ2) is 4.54. The lowest BCUT2D eigenvalue weighted by atomic mass is 9.93. The van der Waals surface area contributed by atoms with Gasteiger partial charge in [0.05, 0.1) is 6.10 Å². The summed E-state index contributed by atoms with van der Waals surface area (Å²) in [6, 6.07) is 14.5. The van der Waals surface area contributed by atoms with E-state index in [1.165, 1.54) is 23.3 Å². The fourth-order valence-corrected chi connectivity index (χ4v) is 2.78. The molecule has 0 heterocycles. The van der Waals surface area contributed by atoms with Crippen LogP contribution in [-0.4, -0.2) is 5.11 Å². The number of fused-ring (bicyclic) bond motifs is 1. The molecule has 0 saturated heterocycles. The van der Waals surface area contributed by atoms with Gasteiger partial charge < -0.3 is 5.11 Å². The molecule has 1 aliphatic carbocycles. The number of aliphatic hydroxyl groups is 1. The smallest absolute Gasteiger partial charge is 0.123 e. The van der Waals surface area contributed by atoms with Crippen molar-refractivity contribution < 1.29 is 9.50 Å². The van der Waals surface area contributed by atoms with Gasteiger partial charge in [0, 0.05) is 0 Å². The predicted octanol–water partition coefficient (Wildman–Crippen LogP) is 3.27. The Morgan fingerprint density at radius 1 is 1.00 bits per heavy atom. The molecule has 0 saturated carbocycles. The summed E-state index contributed by atoms with van der Waals surface area (Å²) in [5.74, 6) is -0.133. The standard InChI is InChI=1S/C16H15FO/c17-15-7-3-6-13(10-15)16(18)14-8-11-4-1-2-5-12(11)9-14/h1-7,10,14,16,18H,8-9H2. The molecular weight excluding hydrogens is 227 g/mol. The Labute approximate surface area is 106 Å². The summed E-state index contributed by atoms with van der Waals surface area (Å²) in [5, 5.41) is 10.4. The fourth-order valence-electron chi connectivity index (χ4n) is 2.78. The first-order chi connectivity index (χ1) is 8.74. The summed E-state index contributed by atoms with van der Waals surface area (Å²) in [6.07, 6.45) is 1.15. The first kappa shape index (κ1) is 11.4. The van der Waals surface area contributed by atoms with Crippen LogP contribution in [0.1, 0.15) is 22.8 Å². The summed E-state index contributed by atoms with van der Waals surface area (Å²) < 4.78 is 13.2. The molecule has 0 amide bonds. The van der Waals surface area contributed by atoms with Gasteiger partial charge in [-0.15, -0.1) is 0 Å². The first-order valence-electron chi connectivity index (χ1n) is 6.24. The van der Waals surface area contributed by atoms with Gasteiger partial charge in [-0.1, -0.05) is 36.4 Å². The lowest BCUT2D eigenvalue weighted by molar-refractivity contribution is 0.113. The van der Waals surface area contributed by atoms with E-state index >= 15 is 0 Å². The van der Waals surface area contributed by atoms with Crippen LogP contribution in [-0.2, 0) is 12.8 Å². The normalized spacial score (nSPS) is 16.6. The fraction of sp³-hybridized carbons (Fsp3) is 0.250. The van der Waals surface area contributed by atoms with Crippen molar-refractivity contribution in [3.8, 4) is 0 Å². The molecule has 0 fully saturated rings. The van der Waals surface area contributed by atoms with Gasteiger partial charge in [-0.3, -0.25) is 0 Å². The third-order valence-corrected chi connectivity index (χ3v) is 3.72. The Hall–Kier alpha value is -1.67. The van der Waals surface area contributed by atoms with Gasteiger partial charge in [0.1, 0.15) is 5.82 Å². The maximum atomic E-state index is 13.2. The van der Waals surface area contributed by atoms with Crippen molar-refractivity contribution in [1.82, 2.24) is 0 Å². The molecule has 0 aliphatic heterocycles. The minimum atomic E-state index is -0.590. The van der Waals surface area contributed by atoms with E-state index in [0.29, 0.717) is 5.56 Å². The molecule has 1 nitrogen and oxygen atoms in total. The summed E-state index contributed by atoms with van der Waals surface area (Å²) in [5.41, 5.74) is 3.28. The molecule has 0 spiro atoms. The number of rotatable bonds is 2. The van der Waals surface area contributed by atoms with E-state index in [4.69, 9.17) is 0 Å². The zero-order chi connectivity index (χ0) is 12.5. The molecule has 18 heavy (non-hydrogen) atoms. The van der Waals surface area contributed by atoms with Gasteiger partial charge in [-0.2, -0.15) is 0 Å². The number of aliphatic hydroxyl groups excluding tert-OH is 1. The molecule has 0 aromatic heterocycles. The number of benzene rings is 2. The lowest BCUT2D eigenvalue weighted by Crippen LogP contribution is -2.12. The minimum Gasteiger partial charge on any atom is -0.388 e. The van der Waals surface area contributed by atoms with Crippen LogP contribution < -0.4 is 0 Å². The quantitative estimate of drug-likeness (QED) is 0.857. The van der Waals surface area contributed by atoms with E-state index in [9.17, 15) is 9.50 Å². The zero-order valence-corrected chi connectivity index (χ0v) is 10.0. The van der Waals surface area contributed by atoms with Crippen molar-refractivity contribution in [2.24, 2.45) is 5.92 Å². The van der Waals surface area contributed by atoms with Crippen LogP contribution in [0, 0.1) is 11.7 Å². The van der Waals surface area contributed by atoms with Crippen molar-refractivity contribution in [2.75, 3.05) is 0 Å². The third-order valence-electron chi connectivity index (χ3n) is 3.72. The average molecular weight is 242 g/mol. The number of halogens is 1. The summed E-state index contributed by atoms with van der Waals surface area (Å²) in [4.78, 5) is 0. The Kier molecular flexibility index (Phi) is 2.88. The zero-order valence-electron chi connectivity index (χ0n) is 10.0. The topological polar surface area (TPSA) is 20.2 Å². The Morgan fingerprint density at radius 2 is 1.67 bits per heavy atom. The molecule has 0 bridgehead atoms. The highest BCUT2D eigenvalue weighted by molar-refractivity contribution is 5.33. The molecular formula is C16H15FO. The van der Waals surface area contributed by atoms with Gasteiger partial charge in [-0.25, -0.2) is 4.39 Å². The van der Waals surface area contributed by atoms with Crippen LogP contribution in [0.4, 0.5) is 4.39 Å². The molecule has 1 aliphatic rings. The van der Waals surface area contributed by atoms with E-state index in [0.717, 1.165) is 12.8 Å². The van der Waals surface area contributed by atoms with Crippen LogP contribution >= 0.6 is 0 Å². The van der Waals surface area contributed by atoms with E-state index in [-0.39, 0.29) is 11.7 Å². The molecule has 1 N–H and O–H groups in total. The average Bonchev–Trinajstić information content (AvgIpc) is 2.81. The predicted molar refractivity (Wildman–Crippen MR) is 68.7 cm³/mol. The molecule has 2 aromatic rings. The summed E-state index contributed by atoms with van der Waals surface area (Å²) in [6.45, 7) is 0. The lowest BCUT2D eigenvalue weighted by Gasteiger charge is -2.18. The largest absolute Gasteiger partial charge is 0.388 e. The minimum absolute atomic E-state index is 0.157. The molecule has 92 valence electrons. The van der Waals surface area contributed by atoms with Crippen LogP contribution in [0.25, 0.3) is 0 Å². The van der Waals surface area contributed by atoms with Gasteiger partial charge in [-0.05, 0) is 47.6 Å². The van der Waals surface area contributed by atoms with Crippen molar-refractivity contribution in [3.63, 3.8) is 0 Å². The Bertz CT molecular complexity index is 540. The molecule has 2 aromatic carbocycles. The highest BCUT2D eigenvalue weighted by Gasteiger charge is 2.28. The number of hydrogen-bond donors (Lipinski definition) is 1. The van der Waals surface area contributed by atoms with Crippen LogP contribution in [0.15, 0.2) is 48.5 Å². The third kappa shape index (κ3) is 2.04. The van der Waals surface area contributed by atoms with Crippen molar-refractivity contribution in [1.29, 1.82) is 0 Å². The second-order valence-corrected chi connectivity index (χ2v) is 4.94. The highest BCUT2D eigenvalue weighted by atomic mass is 19.1. The second-order valence-electron chi connectivity index (χ2n) is 4.94. The van der Waals surface area contributed by atoms with E-state index in [1.54, 1.807) is 12.1 Å². The first-order valence-corrected chi connectivity index (χ1v) is 6.24. The van der Waals surface area contributed by atoms with Gasteiger partial charge in [0.25, 0.3) is 0 Å². The maximum absolute atomic E-state index is 13.2. The van der Waals surface area contributed by atoms with Crippen LogP contribution in [0.2, 0.25) is 0 Å². The Balaban J connectivity index is 1.82. The molecule has 2 heteroatoms. The van der Waals surface area contributed by atoms with Gasteiger partial charge in [0.2, 0.25) is 0 Å². The summed E-state index contributed by atoms with van der Waals surface area (Å²) >= 11 is 0. The number of hydrogen-bond acceptors (Lipinski definition) is 1. The van der Waals surface area contributed by atoms with Crippen molar-refractivity contribution in [3.05, 3.63) is 71.0 Å². The molecule has 1 atom stereocenters.